The number of anilines is 4. The second kappa shape index (κ2) is 10.7. The Morgan fingerprint density at radius 1 is 0.837 bits per heavy atom. The maximum absolute atomic E-state index is 13.8. The monoisotopic (exact) mass is 607 g/mol. The zero-order valence-electron chi connectivity index (χ0n) is 24.9. The Labute approximate surface area is 254 Å². The van der Waals surface area contributed by atoms with Gasteiger partial charge in [-0.15, -0.1) is 0 Å². The fraction of sp³-hybridized carbons (Fsp3) is 0.562. The average Bonchev–Trinajstić information content (AvgIpc) is 3.01. The Morgan fingerprint density at radius 2 is 1.47 bits per heavy atom. The van der Waals surface area contributed by atoms with Gasteiger partial charge >= 0.3 is 12.0 Å². The summed E-state index contributed by atoms with van der Waals surface area (Å²) < 4.78 is 30.5. The minimum absolute atomic E-state index is 0.0553. The Hall–Kier alpha value is -3.31. The van der Waals surface area contributed by atoms with E-state index in [1.807, 2.05) is 23.1 Å². The first-order valence-corrected chi connectivity index (χ1v) is 17.3. The largest absolute Gasteiger partial charge is 0.469 e. The van der Waals surface area contributed by atoms with Crippen LogP contribution in [-0.4, -0.2) is 83.4 Å². The van der Waals surface area contributed by atoms with Crippen LogP contribution in [0.2, 0.25) is 0 Å². The highest BCUT2D eigenvalue weighted by molar-refractivity contribution is 7.88. The Balaban J connectivity index is 1.04. The Morgan fingerprint density at radius 3 is 2.09 bits per heavy atom. The van der Waals surface area contributed by atoms with Gasteiger partial charge in [0.1, 0.15) is 0 Å². The SMILES string of the molecule is COC(=O)C12CC3CC(C1)C(NC(=O)N1CCN(c4ccc(N5CCN(S(C)(=O)=O)CC5)cc4)c4ccccc41)C(C3)C2. The number of nitrogens with one attached hydrogen (secondary N) is 1. The summed E-state index contributed by atoms with van der Waals surface area (Å²) in [5.74, 6) is 1.12. The maximum Gasteiger partial charge on any atom is 0.322 e. The van der Waals surface area contributed by atoms with Gasteiger partial charge < -0.3 is 19.9 Å². The summed E-state index contributed by atoms with van der Waals surface area (Å²) >= 11 is 0. The number of hydrogen-bond acceptors (Lipinski definition) is 7. The van der Waals surface area contributed by atoms with Crippen molar-refractivity contribution in [2.75, 3.05) is 67.3 Å². The third-order valence-corrected chi connectivity index (χ3v) is 12.0. The highest BCUT2D eigenvalue weighted by Gasteiger charge is 2.59. The van der Waals surface area contributed by atoms with Crippen molar-refractivity contribution >= 4 is 44.8 Å². The van der Waals surface area contributed by atoms with E-state index in [4.69, 9.17) is 4.74 Å². The van der Waals surface area contributed by atoms with Crippen LogP contribution >= 0.6 is 0 Å². The van der Waals surface area contributed by atoms with Gasteiger partial charge in [-0.1, -0.05) is 12.1 Å². The van der Waals surface area contributed by atoms with Crippen LogP contribution in [0.5, 0.6) is 0 Å². The van der Waals surface area contributed by atoms with Crippen molar-refractivity contribution in [2.24, 2.45) is 23.2 Å². The molecular formula is C32H41N5O5S. The van der Waals surface area contributed by atoms with Crippen LogP contribution in [0.15, 0.2) is 48.5 Å². The fourth-order valence-electron chi connectivity index (χ4n) is 8.91. The molecule has 4 saturated carbocycles. The van der Waals surface area contributed by atoms with Gasteiger partial charge in [-0.2, -0.15) is 4.31 Å². The van der Waals surface area contributed by atoms with E-state index in [2.05, 4.69) is 45.4 Å². The molecule has 0 spiro atoms. The molecule has 6 aliphatic rings. The smallest absolute Gasteiger partial charge is 0.322 e. The van der Waals surface area contributed by atoms with Crippen LogP contribution in [-0.2, 0) is 19.6 Å². The van der Waals surface area contributed by atoms with Gasteiger partial charge in [-0.25, -0.2) is 13.2 Å². The third kappa shape index (κ3) is 5.04. The topological polar surface area (TPSA) is 102 Å². The minimum Gasteiger partial charge on any atom is -0.469 e. The summed E-state index contributed by atoms with van der Waals surface area (Å²) in [6.07, 6.45) is 5.98. The number of para-hydroxylation sites is 2. The van der Waals surface area contributed by atoms with E-state index in [1.54, 1.807) is 0 Å². The molecule has 11 heteroatoms. The number of amides is 2. The average molecular weight is 608 g/mol. The van der Waals surface area contributed by atoms with Crippen molar-refractivity contribution in [3.8, 4) is 0 Å². The first-order valence-electron chi connectivity index (χ1n) is 15.5. The summed E-state index contributed by atoms with van der Waals surface area (Å²) in [6, 6.07) is 16.5. The molecule has 8 rings (SSSR count). The lowest BCUT2D eigenvalue weighted by Crippen LogP contribution is -2.62. The van der Waals surface area contributed by atoms with Crippen LogP contribution in [0, 0.1) is 23.2 Å². The van der Waals surface area contributed by atoms with Gasteiger partial charge in [0.05, 0.1) is 30.2 Å². The molecule has 10 nitrogen and oxygen atoms in total. The van der Waals surface area contributed by atoms with Gasteiger partial charge in [-0.3, -0.25) is 9.69 Å². The van der Waals surface area contributed by atoms with Gasteiger partial charge in [-0.05, 0) is 86.3 Å². The highest BCUT2D eigenvalue weighted by Crippen LogP contribution is 2.60. The number of fused-ring (bicyclic) bond motifs is 1. The minimum atomic E-state index is -3.16. The first-order chi connectivity index (χ1) is 20.6. The Kier molecular flexibility index (Phi) is 7.08. The lowest BCUT2D eigenvalue weighted by atomic mass is 9.48. The molecule has 43 heavy (non-hydrogen) atoms. The lowest BCUT2D eigenvalue weighted by molar-refractivity contribution is -0.170. The molecule has 0 radical (unpaired) electrons. The first kappa shape index (κ1) is 28.5. The van der Waals surface area contributed by atoms with Crippen molar-refractivity contribution in [2.45, 2.75) is 38.1 Å². The molecule has 4 aliphatic carbocycles. The van der Waals surface area contributed by atoms with Crippen LogP contribution in [0.25, 0.3) is 0 Å². The zero-order chi connectivity index (χ0) is 29.9. The summed E-state index contributed by atoms with van der Waals surface area (Å²) in [4.78, 5) is 32.9. The van der Waals surface area contributed by atoms with E-state index >= 15 is 0 Å². The number of benzene rings is 2. The van der Waals surface area contributed by atoms with Gasteiger partial charge in [0.15, 0.2) is 0 Å². The van der Waals surface area contributed by atoms with E-state index in [-0.39, 0.29) is 23.5 Å². The highest BCUT2D eigenvalue weighted by atomic mass is 32.2. The van der Waals surface area contributed by atoms with E-state index < -0.39 is 10.0 Å². The number of urea groups is 1. The number of esters is 1. The molecule has 2 aromatic rings. The summed E-state index contributed by atoms with van der Waals surface area (Å²) in [5.41, 5.74) is 3.66. The van der Waals surface area contributed by atoms with Crippen molar-refractivity contribution < 1.29 is 22.7 Å². The number of nitrogens with zero attached hydrogens (tertiary/aromatic N) is 4. The number of piperazine rings is 1. The second-order valence-electron chi connectivity index (χ2n) is 13.2. The summed E-state index contributed by atoms with van der Waals surface area (Å²) in [5, 5.41) is 3.43. The van der Waals surface area contributed by atoms with Crippen LogP contribution in [0.3, 0.4) is 0 Å². The summed E-state index contributed by atoms with van der Waals surface area (Å²) in [7, 11) is -1.66. The standard InChI is InChI=1S/C32H41N5O5S/c1-42-30(38)32-19-22-17-23(20-32)29(24(18-22)21-32)33-31(39)37-16-15-36(27-5-3-4-6-28(27)37)26-9-7-25(8-10-26)34-11-13-35(14-12-34)43(2,40)41/h3-10,22-24,29H,11-21H2,1-2H3,(H,33,39). The number of rotatable bonds is 5. The molecule has 4 bridgehead atoms. The molecule has 5 fully saturated rings. The molecule has 1 saturated heterocycles. The maximum atomic E-state index is 13.8. The van der Waals surface area contributed by atoms with E-state index in [1.165, 1.54) is 17.7 Å². The number of methoxy groups -OCH3 is 1. The molecule has 1 N–H and O–H groups in total. The van der Waals surface area contributed by atoms with Crippen molar-refractivity contribution in [1.29, 1.82) is 0 Å². The van der Waals surface area contributed by atoms with Gasteiger partial charge in [0, 0.05) is 56.7 Å². The predicted molar refractivity (Wildman–Crippen MR) is 166 cm³/mol. The van der Waals surface area contributed by atoms with E-state index in [9.17, 15) is 18.0 Å². The van der Waals surface area contributed by atoms with Crippen LogP contribution in [0.4, 0.5) is 27.5 Å². The lowest BCUT2D eigenvalue weighted by Gasteiger charge is -2.58. The quantitative estimate of drug-likeness (QED) is 0.516. The second-order valence-corrected chi connectivity index (χ2v) is 15.2. The van der Waals surface area contributed by atoms with Crippen molar-refractivity contribution in [3.63, 3.8) is 0 Å². The number of carbonyl (C=O) groups excluding carboxylic acids is 2. The normalized spacial score (nSPS) is 30.2. The number of carbonyl (C=O) groups is 2. The predicted octanol–water partition coefficient (Wildman–Crippen LogP) is 3.80. The van der Waals surface area contributed by atoms with Crippen LogP contribution < -0.4 is 20.0 Å². The number of ether oxygens (including phenoxy) is 1. The molecule has 2 unspecified atom stereocenters. The fourth-order valence-corrected chi connectivity index (χ4v) is 9.74. The Bertz CT molecular complexity index is 1490. The van der Waals surface area contributed by atoms with Crippen LogP contribution in [0.1, 0.15) is 32.1 Å². The number of sulfonamides is 1. The zero-order valence-corrected chi connectivity index (χ0v) is 25.8. The van der Waals surface area contributed by atoms with Crippen molar-refractivity contribution in [3.05, 3.63) is 48.5 Å². The van der Waals surface area contributed by atoms with Gasteiger partial charge in [0.2, 0.25) is 10.0 Å². The molecular weight excluding hydrogens is 566 g/mol. The molecule has 230 valence electrons. The molecule has 0 aromatic heterocycles. The van der Waals surface area contributed by atoms with E-state index in [0.29, 0.717) is 57.0 Å². The summed E-state index contributed by atoms with van der Waals surface area (Å²) in [6.45, 7) is 3.54. The van der Waals surface area contributed by atoms with Gasteiger partial charge in [0.25, 0.3) is 0 Å². The third-order valence-electron chi connectivity index (χ3n) is 10.7. The number of hydrogen-bond donors (Lipinski definition) is 1. The molecule has 2 amide bonds. The molecule has 2 heterocycles. The van der Waals surface area contributed by atoms with E-state index in [0.717, 1.165) is 54.9 Å². The molecule has 2 aromatic carbocycles. The molecule has 2 aliphatic heterocycles. The van der Waals surface area contributed by atoms with Crippen molar-refractivity contribution in [1.82, 2.24) is 9.62 Å². The molecule has 2 atom stereocenters.